The highest BCUT2D eigenvalue weighted by atomic mass is 16.5. The van der Waals surface area contributed by atoms with Gasteiger partial charge in [0, 0.05) is 0 Å². The normalized spacial score (nSPS) is 27.7. The van der Waals surface area contributed by atoms with Crippen molar-refractivity contribution in [2.75, 3.05) is 7.11 Å². The number of carbonyl (C=O) groups is 2. The standard InChI is InChI=1S/C17H21N3O3/c1-12-7-9-17(10-8-12)15(21)20(16(22)19-17)18-11-13-3-5-14(23-2)6-4-13/h3-6,11-12H,7-10H2,1-2H3,(H,19,22)/b18-11+. The SMILES string of the molecule is COc1ccc(/C=N/N2C(=O)NC3(CCC(C)CC3)C2=O)cc1. The van der Waals surface area contributed by atoms with Crippen LogP contribution in [-0.2, 0) is 4.79 Å². The van der Waals surface area contributed by atoms with E-state index in [0.717, 1.165) is 29.2 Å². The van der Waals surface area contributed by atoms with Gasteiger partial charge in [0.05, 0.1) is 13.3 Å². The van der Waals surface area contributed by atoms with E-state index in [0.29, 0.717) is 18.8 Å². The monoisotopic (exact) mass is 315 g/mol. The van der Waals surface area contributed by atoms with Crippen LogP contribution in [0.4, 0.5) is 4.79 Å². The first-order chi connectivity index (χ1) is 11.0. The second kappa shape index (κ2) is 6.02. The Morgan fingerprint density at radius 2 is 1.91 bits per heavy atom. The predicted molar refractivity (Wildman–Crippen MR) is 86.3 cm³/mol. The smallest absolute Gasteiger partial charge is 0.346 e. The number of ether oxygens (including phenoxy) is 1. The highest BCUT2D eigenvalue weighted by Crippen LogP contribution is 2.36. The third kappa shape index (κ3) is 2.93. The number of methoxy groups -OCH3 is 1. The number of amides is 3. The summed E-state index contributed by atoms with van der Waals surface area (Å²) in [4.78, 5) is 24.8. The highest BCUT2D eigenvalue weighted by molar-refractivity contribution is 6.07. The quantitative estimate of drug-likeness (QED) is 0.688. The van der Waals surface area contributed by atoms with E-state index in [1.54, 1.807) is 19.2 Å². The molecule has 23 heavy (non-hydrogen) atoms. The third-order valence-corrected chi connectivity index (χ3v) is 4.71. The average Bonchev–Trinajstić information content (AvgIpc) is 2.80. The Hall–Kier alpha value is -2.37. The zero-order valence-electron chi connectivity index (χ0n) is 13.4. The molecule has 0 unspecified atom stereocenters. The third-order valence-electron chi connectivity index (χ3n) is 4.71. The van der Waals surface area contributed by atoms with Crippen LogP contribution in [0.15, 0.2) is 29.4 Å². The summed E-state index contributed by atoms with van der Waals surface area (Å²) >= 11 is 0. The van der Waals surface area contributed by atoms with Crippen molar-refractivity contribution in [1.82, 2.24) is 10.3 Å². The fraction of sp³-hybridized carbons (Fsp3) is 0.471. The number of imide groups is 1. The maximum absolute atomic E-state index is 12.6. The summed E-state index contributed by atoms with van der Waals surface area (Å²) in [5.41, 5.74) is 0.0468. The molecule has 0 radical (unpaired) electrons. The maximum Gasteiger partial charge on any atom is 0.346 e. The van der Waals surface area contributed by atoms with Gasteiger partial charge in [0.25, 0.3) is 5.91 Å². The Labute approximate surface area is 135 Å². The lowest BCUT2D eigenvalue weighted by Crippen LogP contribution is -2.49. The largest absolute Gasteiger partial charge is 0.497 e. The minimum atomic E-state index is -0.749. The van der Waals surface area contributed by atoms with Crippen LogP contribution in [0.25, 0.3) is 0 Å². The Morgan fingerprint density at radius 3 is 2.52 bits per heavy atom. The van der Waals surface area contributed by atoms with Gasteiger partial charge in [-0.2, -0.15) is 5.10 Å². The summed E-state index contributed by atoms with van der Waals surface area (Å²) < 4.78 is 5.09. The second-order valence-corrected chi connectivity index (χ2v) is 6.33. The summed E-state index contributed by atoms with van der Waals surface area (Å²) in [5, 5.41) is 7.89. The molecule has 1 aliphatic carbocycles. The number of nitrogens with zero attached hydrogens (tertiary/aromatic N) is 2. The summed E-state index contributed by atoms with van der Waals surface area (Å²) in [7, 11) is 1.60. The molecule has 1 aliphatic heterocycles. The predicted octanol–water partition coefficient (Wildman–Crippen LogP) is 2.53. The Morgan fingerprint density at radius 1 is 1.26 bits per heavy atom. The number of hydrazone groups is 1. The molecule has 0 atom stereocenters. The molecule has 1 aromatic carbocycles. The van der Waals surface area contributed by atoms with Crippen LogP contribution in [0.1, 0.15) is 38.2 Å². The molecule has 1 saturated carbocycles. The molecule has 1 saturated heterocycles. The zero-order chi connectivity index (χ0) is 16.4. The van der Waals surface area contributed by atoms with E-state index in [1.165, 1.54) is 6.21 Å². The number of urea groups is 1. The van der Waals surface area contributed by atoms with Crippen molar-refractivity contribution >= 4 is 18.2 Å². The van der Waals surface area contributed by atoms with Gasteiger partial charge in [0.1, 0.15) is 11.3 Å². The molecule has 2 aliphatic rings. The fourth-order valence-electron chi connectivity index (χ4n) is 3.12. The average molecular weight is 315 g/mol. The van der Waals surface area contributed by atoms with Crippen molar-refractivity contribution in [2.45, 2.75) is 38.1 Å². The molecule has 1 spiro atoms. The molecule has 0 aromatic heterocycles. The molecule has 2 fully saturated rings. The van der Waals surface area contributed by atoms with Gasteiger partial charge >= 0.3 is 6.03 Å². The summed E-state index contributed by atoms with van der Waals surface area (Å²) in [6.07, 6.45) is 4.78. The zero-order valence-corrected chi connectivity index (χ0v) is 13.4. The van der Waals surface area contributed by atoms with Crippen molar-refractivity contribution in [3.63, 3.8) is 0 Å². The van der Waals surface area contributed by atoms with E-state index in [9.17, 15) is 9.59 Å². The van der Waals surface area contributed by atoms with Crippen molar-refractivity contribution in [3.05, 3.63) is 29.8 Å². The fourth-order valence-corrected chi connectivity index (χ4v) is 3.12. The van der Waals surface area contributed by atoms with Crippen LogP contribution in [-0.4, -0.2) is 35.8 Å². The first-order valence-electron chi connectivity index (χ1n) is 7.89. The minimum absolute atomic E-state index is 0.237. The van der Waals surface area contributed by atoms with E-state index in [1.807, 2.05) is 12.1 Å². The molecular formula is C17H21N3O3. The van der Waals surface area contributed by atoms with Crippen LogP contribution >= 0.6 is 0 Å². The minimum Gasteiger partial charge on any atom is -0.497 e. The van der Waals surface area contributed by atoms with E-state index < -0.39 is 11.6 Å². The first kappa shape index (κ1) is 15.5. The molecule has 1 heterocycles. The van der Waals surface area contributed by atoms with E-state index in [4.69, 9.17) is 4.74 Å². The number of carbonyl (C=O) groups excluding carboxylic acids is 2. The Balaban J connectivity index is 1.73. The molecule has 1 N–H and O–H groups in total. The van der Waals surface area contributed by atoms with Gasteiger partial charge < -0.3 is 10.1 Å². The molecule has 0 bridgehead atoms. The second-order valence-electron chi connectivity index (χ2n) is 6.33. The lowest BCUT2D eigenvalue weighted by Gasteiger charge is -2.33. The van der Waals surface area contributed by atoms with Crippen LogP contribution in [0.2, 0.25) is 0 Å². The van der Waals surface area contributed by atoms with Gasteiger partial charge in [-0.05, 0) is 61.4 Å². The first-order valence-corrected chi connectivity index (χ1v) is 7.89. The van der Waals surface area contributed by atoms with E-state index in [-0.39, 0.29) is 5.91 Å². The summed E-state index contributed by atoms with van der Waals surface area (Å²) in [6.45, 7) is 2.17. The van der Waals surface area contributed by atoms with E-state index >= 15 is 0 Å². The van der Waals surface area contributed by atoms with Crippen LogP contribution in [0.3, 0.4) is 0 Å². The highest BCUT2D eigenvalue weighted by Gasteiger charge is 2.52. The molecular weight excluding hydrogens is 294 g/mol. The Kier molecular flexibility index (Phi) is 4.07. The van der Waals surface area contributed by atoms with Gasteiger partial charge in [0.15, 0.2) is 0 Å². The van der Waals surface area contributed by atoms with Gasteiger partial charge in [-0.15, -0.1) is 5.01 Å². The number of benzene rings is 1. The van der Waals surface area contributed by atoms with Crippen molar-refractivity contribution in [3.8, 4) is 5.75 Å². The summed E-state index contributed by atoms with van der Waals surface area (Å²) in [5.74, 6) is 1.11. The van der Waals surface area contributed by atoms with Gasteiger partial charge in [-0.25, -0.2) is 4.79 Å². The van der Waals surface area contributed by atoms with Crippen molar-refractivity contribution < 1.29 is 14.3 Å². The Bertz CT molecular complexity index is 631. The van der Waals surface area contributed by atoms with Crippen LogP contribution < -0.4 is 10.1 Å². The molecule has 1 aromatic rings. The topological polar surface area (TPSA) is 71.0 Å². The summed E-state index contributed by atoms with van der Waals surface area (Å²) in [6, 6.07) is 6.81. The van der Waals surface area contributed by atoms with Crippen LogP contribution in [0, 0.1) is 5.92 Å². The van der Waals surface area contributed by atoms with Gasteiger partial charge in [-0.1, -0.05) is 6.92 Å². The number of rotatable bonds is 3. The molecule has 3 amide bonds. The molecule has 6 nitrogen and oxygen atoms in total. The van der Waals surface area contributed by atoms with Gasteiger partial charge in [-0.3, -0.25) is 4.79 Å². The number of hydrogen-bond acceptors (Lipinski definition) is 4. The molecule has 122 valence electrons. The lowest BCUT2D eigenvalue weighted by molar-refractivity contribution is -0.132. The number of nitrogens with one attached hydrogen (secondary N) is 1. The van der Waals surface area contributed by atoms with Gasteiger partial charge in [0.2, 0.25) is 0 Å². The van der Waals surface area contributed by atoms with Crippen LogP contribution in [0.5, 0.6) is 5.75 Å². The van der Waals surface area contributed by atoms with E-state index in [2.05, 4.69) is 17.3 Å². The molecule has 3 rings (SSSR count). The number of hydrogen-bond donors (Lipinski definition) is 1. The maximum atomic E-state index is 12.6. The van der Waals surface area contributed by atoms with Crippen molar-refractivity contribution in [2.24, 2.45) is 11.0 Å². The van der Waals surface area contributed by atoms with Crippen molar-refractivity contribution in [1.29, 1.82) is 0 Å². The molecule has 6 heteroatoms. The lowest BCUT2D eigenvalue weighted by atomic mass is 9.77.